The molecule has 0 unspecified atom stereocenters. The van der Waals surface area contributed by atoms with Crippen molar-refractivity contribution in [1.82, 2.24) is 0 Å². The summed E-state index contributed by atoms with van der Waals surface area (Å²) in [6, 6.07) is 0. The molecule has 4 rings (SSSR count). The molecule has 1 aliphatic heterocycles. The highest BCUT2D eigenvalue weighted by atomic mass is 16.7. The molecule has 2 saturated carbocycles. The van der Waals surface area contributed by atoms with Crippen molar-refractivity contribution in [2.24, 2.45) is 28.1 Å². The van der Waals surface area contributed by atoms with Crippen LogP contribution in [0.1, 0.15) is 66.2 Å². The Morgan fingerprint density at radius 2 is 1.79 bits per heavy atom. The minimum atomic E-state index is -1.51. The van der Waals surface area contributed by atoms with Crippen molar-refractivity contribution in [2.45, 2.75) is 103 Å². The van der Waals surface area contributed by atoms with E-state index in [1.807, 2.05) is 6.92 Å². The zero-order valence-corrected chi connectivity index (χ0v) is 20.8. The first-order valence-electron chi connectivity index (χ1n) is 12.7. The van der Waals surface area contributed by atoms with Crippen LogP contribution >= 0.6 is 0 Å². The first kappa shape index (κ1) is 26.2. The van der Waals surface area contributed by atoms with Crippen LogP contribution in [-0.2, 0) is 14.3 Å². The predicted octanol–water partition coefficient (Wildman–Crippen LogP) is 1.31. The lowest BCUT2D eigenvalue weighted by Crippen LogP contribution is -2.59. The molecule has 0 amide bonds. The fourth-order valence-electron chi connectivity index (χ4n) is 7.61. The van der Waals surface area contributed by atoms with Gasteiger partial charge >= 0.3 is 0 Å². The maximum atomic E-state index is 12.6. The number of rotatable bonds is 5. The van der Waals surface area contributed by atoms with E-state index in [0.29, 0.717) is 30.5 Å². The van der Waals surface area contributed by atoms with E-state index in [1.54, 1.807) is 0 Å². The largest absolute Gasteiger partial charge is 0.394 e. The Morgan fingerprint density at radius 3 is 2.47 bits per heavy atom. The summed E-state index contributed by atoms with van der Waals surface area (Å²) < 4.78 is 11.0. The lowest BCUT2D eigenvalue weighted by molar-refractivity contribution is -0.306. The highest BCUT2D eigenvalue weighted by Crippen LogP contribution is 2.63. The molecular formula is C26H42O8. The number of carbonyl (C=O) groups is 1. The maximum Gasteiger partial charge on any atom is 0.186 e. The van der Waals surface area contributed by atoms with E-state index >= 15 is 0 Å². The number of hydrogen-bond acceptors (Lipinski definition) is 8. The standard InChI is InChI=1S/C26H42O8/c1-24(2)10-15(28)11-26(4)16-7-8-25(3,9-14(16)5-6-18(24)26)19(29)13-33-23-22(32)21(31)20(30)17(12-27)34-23/h9,16-23,27,29-32H,5-8,10-13H2,1-4H3/t16-,17-,18-,19+,20-,21+,22-,23+,25+,26+/m1/s1. The molecule has 3 aliphatic carbocycles. The van der Waals surface area contributed by atoms with Crippen molar-refractivity contribution in [3.8, 4) is 0 Å². The highest BCUT2D eigenvalue weighted by molar-refractivity contribution is 5.81. The fourth-order valence-corrected chi connectivity index (χ4v) is 7.61. The number of ether oxygens (including phenoxy) is 2. The van der Waals surface area contributed by atoms with Gasteiger partial charge in [0, 0.05) is 18.3 Å². The number of Topliss-reactive ketones (excluding diaryl/α,β-unsaturated/α-hetero) is 1. The summed E-state index contributed by atoms with van der Waals surface area (Å²) in [5.74, 6) is 1.19. The molecule has 34 heavy (non-hydrogen) atoms. The van der Waals surface area contributed by atoms with Crippen molar-refractivity contribution in [2.75, 3.05) is 13.2 Å². The summed E-state index contributed by atoms with van der Waals surface area (Å²) in [6.07, 6.45) is -0.496. The van der Waals surface area contributed by atoms with Gasteiger partial charge in [0.15, 0.2) is 6.29 Å². The van der Waals surface area contributed by atoms with Crippen LogP contribution in [0, 0.1) is 28.1 Å². The van der Waals surface area contributed by atoms with Crippen LogP contribution in [-0.4, -0.2) is 81.3 Å². The van der Waals surface area contributed by atoms with Gasteiger partial charge in [-0.15, -0.1) is 0 Å². The van der Waals surface area contributed by atoms with Gasteiger partial charge in [0.25, 0.3) is 0 Å². The van der Waals surface area contributed by atoms with Crippen molar-refractivity contribution < 1.29 is 39.8 Å². The summed E-state index contributed by atoms with van der Waals surface area (Å²) >= 11 is 0. The smallest absolute Gasteiger partial charge is 0.186 e. The molecule has 8 heteroatoms. The Balaban J connectivity index is 1.46. The summed E-state index contributed by atoms with van der Waals surface area (Å²) in [6.45, 7) is 8.09. The van der Waals surface area contributed by atoms with Gasteiger partial charge in [-0.2, -0.15) is 0 Å². The summed E-state index contributed by atoms with van der Waals surface area (Å²) in [7, 11) is 0. The third-order valence-corrected chi connectivity index (χ3v) is 9.45. The Morgan fingerprint density at radius 1 is 1.09 bits per heavy atom. The lowest BCUT2D eigenvalue weighted by Gasteiger charge is -2.59. The minimum Gasteiger partial charge on any atom is -0.394 e. The molecule has 10 atom stereocenters. The number of aliphatic hydroxyl groups excluding tert-OH is 5. The normalized spacial score (nSPS) is 47.4. The molecule has 194 valence electrons. The number of hydrogen-bond donors (Lipinski definition) is 5. The molecule has 8 nitrogen and oxygen atoms in total. The highest BCUT2D eigenvalue weighted by Gasteiger charge is 2.57. The van der Waals surface area contributed by atoms with Crippen LogP contribution in [0.5, 0.6) is 0 Å². The average Bonchev–Trinajstić information content (AvgIpc) is 2.75. The number of ketones is 1. The minimum absolute atomic E-state index is 0.00905. The van der Waals surface area contributed by atoms with Crippen molar-refractivity contribution >= 4 is 5.78 Å². The second kappa shape index (κ2) is 9.21. The summed E-state index contributed by atoms with van der Waals surface area (Å²) in [5, 5.41) is 50.5. The van der Waals surface area contributed by atoms with E-state index in [4.69, 9.17) is 9.47 Å². The SMILES string of the molecule is CC1(C)CC(=O)C[C@@]2(C)[C@@H]3CC[C@](C)([C@@H](O)CO[C@H]4O[C@H](CO)[C@@H](O)[C@H](O)[C@H]4O)C=C3CC[C@H]12. The molecule has 0 aromatic heterocycles. The van der Waals surface area contributed by atoms with Crippen molar-refractivity contribution in [3.05, 3.63) is 11.6 Å². The van der Waals surface area contributed by atoms with E-state index in [0.717, 1.165) is 25.7 Å². The quantitative estimate of drug-likeness (QED) is 0.370. The monoisotopic (exact) mass is 482 g/mol. The van der Waals surface area contributed by atoms with Gasteiger partial charge in [-0.25, -0.2) is 0 Å². The van der Waals surface area contributed by atoms with Crippen molar-refractivity contribution in [1.29, 1.82) is 0 Å². The Kier molecular flexibility index (Phi) is 7.10. The molecule has 0 aromatic rings. The molecular weight excluding hydrogens is 440 g/mol. The van der Waals surface area contributed by atoms with E-state index in [9.17, 15) is 30.3 Å². The van der Waals surface area contributed by atoms with Gasteiger partial charge in [0.2, 0.25) is 0 Å². The zero-order chi connectivity index (χ0) is 25.1. The van der Waals surface area contributed by atoms with Crippen molar-refractivity contribution in [3.63, 3.8) is 0 Å². The fraction of sp³-hybridized carbons (Fsp3) is 0.885. The zero-order valence-electron chi connectivity index (χ0n) is 20.8. The molecule has 0 bridgehead atoms. The molecule has 4 aliphatic rings. The third kappa shape index (κ3) is 4.40. The third-order valence-electron chi connectivity index (χ3n) is 9.45. The first-order chi connectivity index (χ1) is 15.8. The number of fused-ring (bicyclic) bond motifs is 3. The van der Waals surface area contributed by atoms with Crippen LogP contribution in [0.3, 0.4) is 0 Å². The Bertz CT molecular complexity index is 809. The number of carbonyl (C=O) groups excluding carboxylic acids is 1. The van der Waals surface area contributed by atoms with Gasteiger partial charge in [0.05, 0.1) is 19.3 Å². The Hall–Kier alpha value is -0.870. The van der Waals surface area contributed by atoms with Crippen LogP contribution in [0.4, 0.5) is 0 Å². The molecule has 1 heterocycles. The molecule has 0 spiro atoms. The van der Waals surface area contributed by atoms with E-state index < -0.39 is 48.8 Å². The van der Waals surface area contributed by atoms with Gasteiger partial charge in [0.1, 0.15) is 30.2 Å². The predicted molar refractivity (Wildman–Crippen MR) is 123 cm³/mol. The molecule has 1 saturated heterocycles. The topological polar surface area (TPSA) is 137 Å². The van der Waals surface area contributed by atoms with Gasteiger partial charge in [-0.3, -0.25) is 4.79 Å². The second-order valence-corrected chi connectivity index (χ2v) is 12.3. The molecule has 5 N–H and O–H groups in total. The van der Waals surface area contributed by atoms with Crippen LogP contribution in [0.15, 0.2) is 11.6 Å². The molecule has 3 fully saturated rings. The Labute approximate surface area is 202 Å². The summed E-state index contributed by atoms with van der Waals surface area (Å²) in [5.41, 5.74) is 0.749. The lowest BCUT2D eigenvalue weighted by atomic mass is 9.45. The van der Waals surface area contributed by atoms with E-state index in [-0.39, 0.29) is 17.4 Å². The average molecular weight is 483 g/mol. The number of aliphatic hydroxyl groups is 5. The van der Waals surface area contributed by atoms with Gasteiger partial charge in [-0.1, -0.05) is 39.3 Å². The molecule has 0 aromatic carbocycles. The van der Waals surface area contributed by atoms with Crippen LogP contribution < -0.4 is 0 Å². The van der Waals surface area contributed by atoms with Crippen LogP contribution in [0.25, 0.3) is 0 Å². The second-order valence-electron chi connectivity index (χ2n) is 12.3. The summed E-state index contributed by atoms with van der Waals surface area (Å²) in [4.78, 5) is 12.6. The van der Waals surface area contributed by atoms with Gasteiger partial charge < -0.3 is 35.0 Å². The maximum absolute atomic E-state index is 12.6. The van der Waals surface area contributed by atoms with Crippen LogP contribution in [0.2, 0.25) is 0 Å². The number of allylic oxidation sites excluding steroid dienone is 1. The van der Waals surface area contributed by atoms with E-state index in [1.165, 1.54) is 5.57 Å². The molecule has 0 radical (unpaired) electrons. The first-order valence-corrected chi connectivity index (χ1v) is 12.7. The van der Waals surface area contributed by atoms with Gasteiger partial charge in [-0.05, 0) is 48.3 Å². The van der Waals surface area contributed by atoms with E-state index in [2.05, 4.69) is 26.8 Å².